The zero-order valence-electron chi connectivity index (χ0n) is 27.7. The number of carboxylic acids is 1. The topological polar surface area (TPSA) is 160 Å². The molecule has 4 aromatic carbocycles. The van der Waals surface area contributed by atoms with Gasteiger partial charge in [-0.1, -0.05) is 72.8 Å². The first-order chi connectivity index (χ1) is 24.2. The van der Waals surface area contributed by atoms with Crippen LogP contribution in [0.15, 0.2) is 103 Å². The van der Waals surface area contributed by atoms with Gasteiger partial charge in [-0.2, -0.15) is 0 Å². The van der Waals surface area contributed by atoms with Gasteiger partial charge in [-0.15, -0.1) is 0 Å². The molecule has 0 radical (unpaired) electrons. The maximum atomic E-state index is 13.7. The summed E-state index contributed by atoms with van der Waals surface area (Å²) in [4.78, 5) is 66.4. The maximum absolute atomic E-state index is 13.7. The summed E-state index contributed by atoms with van der Waals surface area (Å²) in [5.41, 5.74) is 4.37. The first kappa shape index (κ1) is 35.1. The number of hydrogen-bond acceptors (Lipinski definition) is 5. The summed E-state index contributed by atoms with van der Waals surface area (Å²) in [6.45, 7) is 0.797. The Morgan fingerprint density at radius 2 is 1.32 bits per heavy atom. The van der Waals surface area contributed by atoms with Crippen molar-refractivity contribution >= 4 is 46.9 Å². The zero-order chi connectivity index (χ0) is 35.5. The molecule has 4 aromatic rings. The lowest BCUT2D eigenvalue weighted by molar-refractivity contribution is -0.137. The Balaban J connectivity index is 1.19. The number of benzene rings is 4. The van der Waals surface area contributed by atoms with Crippen LogP contribution in [-0.4, -0.2) is 60.0 Å². The van der Waals surface area contributed by atoms with Crippen LogP contribution in [-0.2, 0) is 22.7 Å². The monoisotopic (exact) mass is 676 g/mol. The van der Waals surface area contributed by atoms with E-state index in [0.29, 0.717) is 43.0 Å². The average molecular weight is 677 g/mol. The van der Waals surface area contributed by atoms with E-state index in [2.05, 4.69) is 21.3 Å². The van der Waals surface area contributed by atoms with Gasteiger partial charge < -0.3 is 36.2 Å². The normalized spacial score (nSPS) is 13.1. The predicted octanol–water partition coefficient (Wildman–Crippen LogP) is 5.79. The van der Waals surface area contributed by atoms with E-state index in [1.807, 2.05) is 60.7 Å². The lowest BCUT2D eigenvalue weighted by atomic mass is 9.91. The van der Waals surface area contributed by atoms with Crippen LogP contribution in [0.5, 0.6) is 0 Å². The predicted molar refractivity (Wildman–Crippen MR) is 191 cm³/mol. The van der Waals surface area contributed by atoms with Crippen LogP contribution in [0.3, 0.4) is 0 Å². The highest BCUT2D eigenvalue weighted by molar-refractivity contribution is 6.10. The third-order valence-corrected chi connectivity index (χ3v) is 8.47. The lowest BCUT2D eigenvalue weighted by Crippen LogP contribution is -2.38. The second-order valence-electron chi connectivity index (χ2n) is 12.1. The van der Waals surface area contributed by atoms with Crippen molar-refractivity contribution in [2.24, 2.45) is 0 Å². The van der Waals surface area contributed by atoms with Gasteiger partial charge in [0.05, 0.1) is 17.7 Å². The number of urea groups is 2. The molecule has 1 atom stereocenters. The van der Waals surface area contributed by atoms with Gasteiger partial charge in [0.2, 0.25) is 5.91 Å². The molecule has 0 saturated carbocycles. The highest BCUT2D eigenvalue weighted by Gasteiger charge is 2.30. The van der Waals surface area contributed by atoms with Gasteiger partial charge >= 0.3 is 18.0 Å². The molecule has 1 unspecified atom stereocenters. The Morgan fingerprint density at radius 1 is 0.760 bits per heavy atom. The molecule has 1 aliphatic rings. The molecule has 0 saturated heterocycles. The van der Waals surface area contributed by atoms with Crippen molar-refractivity contribution in [3.8, 4) is 0 Å². The highest BCUT2D eigenvalue weighted by atomic mass is 16.4. The fourth-order valence-electron chi connectivity index (χ4n) is 5.78. The van der Waals surface area contributed by atoms with Gasteiger partial charge in [-0.3, -0.25) is 14.4 Å². The number of aliphatic carboxylic acids is 1. The van der Waals surface area contributed by atoms with Crippen LogP contribution in [0.25, 0.3) is 0 Å². The van der Waals surface area contributed by atoms with Gasteiger partial charge in [0.15, 0.2) is 0 Å². The molecule has 0 fully saturated rings. The summed E-state index contributed by atoms with van der Waals surface area (Å²) < 4.78 is 0. The van der Waals surface area contributed by atoms with E-state index < -0.39 is 12.0 Å². The molecule has 258 valence electrons. The number of carbonyl (C=O) groups excluding carboxylic acids is 4. The highest BCUT2D eigenvalue weighted by Crippen LogP contribution is 2.30. The second-order valence-corrected chi connectivity index (χ2v) is 12.1. The van der Waals surface area contributed by atoms with Crippen molar-refractivity contribution in [3.63, 3.8) is 0 Å². The minimum Gasteiger partial charge on any atom is -0.481 e. The fraction of sp³-hybridized carbons (Fsp3) is 0.237. The van der Waals surface area contributed by atoms with E-state index in [1.165, 1.54) is 9.80 Å². The van der Waals surface area contributed by atoms with Crippen LogP contribution in [0.2, 0.25) is 0 Å². The van der Waals surface area contributed by atoms with Crippen LogP contribution in [0, 0.1) is 0 Å². The van der Waals surface area contributed by atoms with Crippen LogP contribution in [0.4, 0.5) is 26.7 Å². The van der Waals surface area contributed by atoms with Crippen molar-refractivity contribution in [1.82, 2.24) is 15.5 Å². The summed E-state index contributed by atoms with van der Waals surface area (Å²) >= 11 is 0. The quantitative estimate of drug-likeness (QED) is 0.121. The molecule has 50 heavy (non-hydrogen) atoms. The first-order valence-corrected chi connectivity index (χ1v) is 16.4. The number of amides is 6. The first-order valence-electron chi connectivity index (χ1n) is 16.4. The minimum absolute atomic E-state index is 0.121. The van der Waals surface area contributed by atoms with Crippen LogP contribution < -0.4 is 26.2 Å². The number of likely N-dealkylation sites (N-methyl/N-ethyl adjacent to an activating group) is 1. The Morgan fingerprint density at radius 3 is 1.90 bits per heavy atom. The van der Waals surface area contributed by atoms with E-state index >= 15 is 0 Å². The summed E-state index contributed by atoms with van der Waals surface area (Å²) in [5, 5.41) is 20.8. The van der Waals surface area contributed by atoms with E-state index in [0.717, 1.165) is 16.7 Å². The third-order valence-electron chi connectivity index (χ3n) is 8.47. The van der Waals surface area contributed by atoms with E-state index in [1.54, 1.807) is 49.5 Å². The van der Waals surface area contributed by atoms with Crippen molar-refractivity contribution in [3.05, 3.63) is 125 Å². The largest absolute Gasteiger partial charge is 0.481 e. The fourth-order valence-corrected chi connectivity index (χ4v) is 5.78. The molecule has 5 rings (SSSR count). The molecule has 12 nitrogen and oxygen atoms in total. The Hall–Kier alpha value is -6.17. The Labute approximate surface area is 290 Å². The van der Waals surface area contributed by atoms with Gasteiger partial charge in [0.25, 0.3) is 5.91 Å². The molecule has 5 N–H and O–H groups in total. The van der Waals surface area contributed by atoms with Crippen molar-refractivity contribution in [1.29, 1.82) is 0 Å². The van der Waals surface area contributed by atoms with Gasteiger partial charge in [-0.05, 0) is 65.8 Å². The molecular weight excluding hydrogens is 636 g/mol. The van der Waals surface area contributed by atoms with Crippen molar-refractivity contribution in [2.45, 2.75) is 38.3 Å². The maximum Gasteiger partial charge on any atom is 0.319 e. The van der Waals surface area contributed by atoms with E-state index in [9.17, 15) is 29.1 Å². The molecule has 0 aliphatic carbocycles. The number of nitrogens with zero attached hydrogens (tertiary/aromatic N) is 2. The summed E-state index contributed by atoms with van der Waals surface area (Å²) in [6, 6.07) is 30.1. The summed E-state index contributed by atoms with van der Waals surface area (Å²) in [5.74, 6) is -1.94. The second kappa shape index (κ2) is 16.8. The number of hydrogen-bond donors (Lipinski definition) is 5. The molecule has 6 amide bonds. The molecule has 0 aromatic heterocycles. The van der Waals surface area contributed by atoms with Crippen LogP contribution in [0.1, 0.15) is 52.2 Å². The zero-order valence-corrected chi connectivity index (χ0v) is 27.7. The smallest absolute Gasteiger partial charge is 0.319 e. The summed E-state index contributed by atoms with van der Waals surface area (Å²) in [7, 11) is 1.60. The number of anilines is 3. The average Bonchev–Trinajstić information content (AvgIpc) is 3.20. The van der Waals surface area contributed by atoms with Gasteiger partial charge in [-0.25, -0.2) is 9.59 Å². The summed E-state index contributed by atoms with van der Waals surface area (Å²) in [6.07, 6.45) is 0.766. The van der Waals surface area contributed by atoms with E-state index in [-0.39, 0.29) is 48.8 Å². The van der Waals surface area contributed by atoms with E-state index in [4.69, 9.17) is 0 Å². The Bertz CT molecular complexity index is 1820. The van der Waals surface area contributed by atoms with Gasteiger partial charge in [0, 0.05) is 38.1 Å². The lowest BCUT2D eigenvalue weighted by Gasteiger charge is -2.22. The SMILES string of the molecule is CN1C(=O)CN(CCCC(CC(=O)O)c2ccc(NC(=O)NCc3ccccc3)cc2)C(=O)c2cc(NC(=O)NCc3ccccc3)ccc21. The molecule has 0 bridgehead atoms. The number of carbonyl (C=O) groups is 5. The minimum atomic E-state index is -0.957. The Kier molecular flexibility index (Phi) is 11.8. The van der Waals surface area contributed by atoms with Gasteiger partial charge in [0.1, 0.15) is 6.54 Å². The molecule has 0 spiro atoms. The number of rotatable bonds is 13. The number of fused-ring (bicyclic) bond motifs is 1. The van der Waals surface area contributed by atoms with Crippen molar-refractivity contribution < 1.29 is 29.1 Å². The molecular formula is C38H40N6O6. The molecule has 12 heteroatoms. The third kappa shape index (κ3) is 9.69. The molecule has 1 heterocycles. The molecule has 1 aliphatic heterocycles. The van der Waals surface area contributed by atoms with Crippen LogP contribution >= 0.6 is 0 Å². The number of carboxylic acid groups (broad SMARTS) is 1. The standard InChI is InChI=1S/C38H40N6O6/c1-43-33-19-18-31(42-38(50)40-24-27-11-6-3-7-12-27)22-32(33)36(48)44(25-34(43)45)20-8-13-29(21-35(46)47)28-14-16-30(17-15-28)41-37(49)39-23-26-9-4-2-5-10-26/h2-7,9-12,14-19,22,29H,8,13,20-21,23-25H2,1H3,(H,46,47)(H2,39,41,49)(H2,40,42,50). The number of nitrogens with one attached hydrogen (secondary N) is 4. The van der Waals surface area contributed by atoms with Crippen molar-refractivity contribution in [2.75, 3.05) is 35.7 Å².